The highest BCUT2D eigenvalue weighted by atomic mass is 16.6. The molecule has 0 aliphatic heterocycles. The molecule has 1 aromatic heterocycles. The first kappa shape index (κ1) is 18.9. The number of methoxy groups -OCH3 is 2. The van der Waals surface area contributed by atoms with Gasteiger partial charge >= 0.3 is 0 Å². The SMILES string of the molecule is COc1ccc(C(=O)/C=C/c2ccc(-c3ccc([N+](=O)[O-])cc3)o2)cc1OC. The molecule has 0 atom stereocenters. The third kappa shape index (κ3) is 4.09. The molecular weight excluding hydrogens is 362 g/mol. The second kappa shape index (κ2) is 8.22. The number of nitro groups is 1. The first-order valence-corrected chi connectivity index (χ1v) is 8.31. The zero-order chi connectivity index (χ0) is 20.1. The predicted octanol–water partition coefficient (Wildman–Crippen LogP) is 4.77. The molecule has 2 aromatic carbocycles. The average molecular weight is 379 g/mol. The molecule has 3 aromatic rings. The lowest BCUT2D eigenvalue weighted by atomic mass is 10.1. The smallest absolute Gasteiger partial charge is 0.269 e. The summed E-state index contributed by atoms with van der Waals surface area (Å²) in [5.74, 6) is 1.84. The Hall–Kier alpha value is -3.87. The first-order valence-electron chi connectivity index (χ1n) is 8.31. The van der Waals surface area contributed by atoms with Gasteiger partial charge in [0.1, 0.15) is 11.5 Å². The molecule has 7 nitrogen and oxygen atoms in total. The summed E-state index contributed by atoms with van der Waals surface area (Å²) in [7, 11) is 3.03. The molecular formula is C21H17NO6. The summed E-state index contributed by atoms with van der Waals surface area (Å²) in [4.78, 5) is 22.6. The summed E-state index contributed by atoms with van der Waals surface area (Å²) in [6.07, 6.45) is 2.97. The summed E-state index contributed by atoms with van der Waals surface area (Å²) < 4.78 is 16.0. The number of ether oxygens (including phenoxy) is 2. The number of non-ortho nitro benzene ring substituents is 1. The molecule has 0 amide bonds. The van der Waals surface area contributed by atoms with E-state index < -0.39 is 4.92 Å². The minimum absolute atomic E-state index is 0.0101. The van der Waals surface area contributed by atoms with Gasteiger partial charge in [0.05, 0.1) is 19.1 Å². The van der Waals surface area contributed by atoms with Crippen molar-refractivity contribution >= 4 is 17.5 Å². The van der Waals surface area contributed by atoms with E-state index in [2.05, 4.69) is 0 Å². The maximum absolute atomic E-state index is 12.4. The van der Waals surface area contributed by atoms with Gasteiger partial charge in [-0.1, -0.05) is 0 Å². The van der Waals surface area contributed by atoms with E-state index in [9.17, 15) is 14.9 Å². The van der Waals surface area contributed by atoms with Crippen molar-refractivity contribution < 1.29 is 23.6 Å². The third-order valence-corrected chi connectivity index (χ3v) is 4.06. The Morgan fingerprint density at radius 1 is 1.00 bits per heavy atom. The summed E-state index contributed by atoms with van der Waals surface area (Å²) in [6, 6.07) is 14.4. The molecule has 1 heterocycles. The maximum Gasteiger partial charge on any atom is 0.269 e. The van der Waals surface area contributed by atoms with Crippen LogP contribution < -0.4 is 9.47 Å². The standard InChI is InChI=1S/C21H17NO6/c1-26-20-11-5-15(13-21(20)27-2)18(23)10-8-17-9-12-19(28-17)14-3-6-16(7-4-14)22(24)25/h3-13H,1-2H3/b10-8+. The van der Waals surface area contributed by atoms with E-state index in [4.69, 9.17) is 13.9 Å². The Balaban J connectivity index is 1.74. The van der Waals surface area contributed by atoms with Crippen LogP contribution in [-0.4, -0.2) is 24.9 Å². The molecule has 0 aliphatic rings. The normalized spacial score (nSPS) is 10.8. The molecule has 0 saturated carbocycles. The zero-order valence-corrected chi connectivity index (χ0v) is 15.2. The van der Waals surface area contributed by atoms with Crippen LogP contribution >= 0.6 is 0 Å². The summed E-state index contributed by atoms with van der Waals surface area (Å²) in [5, 5.41) is 10.7. The van der Waals surface area contributed by atoms with Gasteiger partial charge in [0.25, 0.3) is 5.69 Å². The number of hydrogen-bond donors (Lipinski definition) is 0. The Bertz CT molecular complexity index is 1030. The molecule has 0 spiro atoms. The number of furan rings is 1. The third-order valence-electron chi connectivity index (χ3n) is 4.06. The number of carbonyl (C=O) groups is 1. The number of benzene rings is 2. The van der Waals surface area contributed by atoms with Gasteiger partial charge in [0.15, 0.2) is 17.3 Å². The molecule has 0 unspecified atom stereocenters. The van der Waals surface area contributed by atoms with Crippen molar-refractivity contribution in [1.29, 1.82) is 0 Å². The van der Waals surface area contributed by atoms with Gasteiger partial charge in [-0.3, -0.25) is 14.9 Å². The largest absolute Gasteiger partial charge is 0.493 e. The topological polar surface area (TPSA) is 91.8 Å². The van der Waals surface area contributed by atoms with Crippen molar-refractivity contribution in [2.75, 3.05) is 14.2 Å². The van der Waals surface area contributed by atoms with Gasteiger partial charge in [-0.05, 0) is 54.6 Å². The molecule has 0 radical (unpaired) electrons. The number of rotatable bonds is 7. The summed E-state index contributed by atoms with van der Waals surface area (Å²) in [6.45, 7) is 0. The van der Waals surface area contributed by atoms with Crippen LogP contribution in [0.25, 0.3) is 17.4 Å². The fourth-order valence-corrected chi connectivity index (χ4v) is 2.59. The van der Waals surface area contributed by atoms with Gasteiger partial charge in [-0.2, -0.15) is 0 Å². The highest BCUT2D eigenvalue weighted by molar-refractivity contribution is 6.07. The van der Waals surface area contributed by atoms with E-state index in [1.54, 1.807) is 48.5 Å². The van der Waals surface area contributed by atoms with Crippen molar-refractivity contribution in [3.63, 3.8) is 0 Å². The quantitative estimate of drug-likeness (QED) is 0.254. The maximum atomic E-state index is 12.4. The molecule has 142 valence electrons. The summed E-state index contributed by atoms with van der Waals surface area (Å²) >= 11 is 0. The lowest BCUT2D eigenvalue weighted by molar-refractivity contribution is -0.384. The highest BCUT2D eigenvalue weighted by Gasteiger charge is 2.10. The Kier molecular flexibility index (Phi) is 5.55. The van der Waals surface area contributed by atoms with Gasteiger partial charge in [-0.25, -0.2) is 0 Å². The Morgan fingerprint density at radius 2 is 1.71 bits per heavy atom. The molecule has 3 rings (SSSR count). The van der Waals surface area contributed by atoms with Crippen molar-refractivity contribution in [3.8, 4) is 22.8 Å². The Morgan fingerprint density at radius 3 is 2.36 bits per heavy atom. The number of ketones is 1. The van der Waals surface area contributed by atoms with Crippen molar-refractivity contribution in [2.24, 2.45) is 0 Å². The lowest BCUT2D eigenvalue weighted by Gasteiger charge is -2.07. The second-order valence-electron chi connectivity index (χ2n) is 5.77. The van der Waals surface area contributed by atoms with E-state index in [1.165, 1.54) is 32.4 Å². The van der Waals surface area contributed by atoms with Gasteiger partial charge < -0.3 is 13.9 Å². The van der Waals surface area contributed by atoms with E-state index >= 15 is 0 Å². The van der Waals surface area contributed by atoms with Gasteiger partial charge in [0.2, 0.25) is 0 Å². The number of nitrogens with zero attached hydrogens (tertiary/aromatic N) is 1. The van der Waals surface area contributed by atoms with Crippen LogP contribution in [0.3, 0.4) is 0 Å². The van der Waals surface area contributed by atoms with E-state index in [0.717, 1.165) is 0 Å². The van der Waals surface area contributed by atoms with E-state index in [-0.39, 0.29) is 11.5 Å². The second-order valence-corrected chi connectivity index (χ2v) is 5.77. The molecule has 0 fully saturated rings. The van der Waals surface area contributed by atoms with Crippen LogP contribution in [0.4, 0.5) is 5.69 Å². The Labute approximate surface area is 161 Å². The monoisotopic (exact) mass is 379 g/mol. The minimum Gasteiger partial charge on any atom is -0.493 e. The number of allylic oxidation sites excluding steroid dienone is 1. The average Bonchev–Trinajstić information content (AvgIpc) is 3.20. The number of hydrogen-bond acceptors (Lipinski definition) is 6. The molecule has 7 heteroatoms. The lowest BCUT2D eigenvalue weighted by Crippen LogP contribution is -1.97. The zero-order valence-electron chi connectivity index (χ0n) is 15.2. The van der Waals surface area contributed by atoms with Crippen LogP contribution in [0.5, 0.6) is 11.5 Å². The van der Waals surface area contributed by atoms with Crippen LogP contribution in [0.15, 0.2) is 65.1 Å². The van der Waals surface area contributed by atoms with E-state index in [1.807, 2.05) is 0 Å². The fourth-order valence-electron chi connectivity index (χ4n) is 2.59. The van der Waals surface area contributed by atoms with Crippen molar-refractivity contribution in [1.82, 2.24) is 0 Å². The van der Waals surface area contributed by atoms with Crippen LogP contribution in [0, 0.1) is 10.1 Å². The van der Waals surface area contributed by atoms with Crippen LogP contribution in [0.2, 0.25) is 0 Å². The minimum atomic E-state index is -0.458. The molecule has 0 aliphatic carbocycles. The predicted molar refractivity (Wildman–Crippen MR) is 104 cm³/mol. The van der Waals surface area contributed by atoms with Crippen LogP contribution in [0.1, 0.15) is 16.1 Å². The molecule has 0 saturated heterocycles. The van der Waals surface area contributed by atoms with Crippen molar-refractivity contribution in [3.05, 3.63) is 82.1 Å². The number of carbonyl (C=O) groups excluding carboxylic acids is 1. The van der Waals surface area contributed by atoms with Crippen LogP contribution in [-0.2, 0) is 0 Å². The summed E-state index contributed by atoms with van der Waals surface area (Å²) in [5.41, 5.74) is 1.17. The van der Waals surface area contributed by atoms with E-state index in [0.29, 0.717) is 34.1 Å². The number of nitro benzene ring substituents is 1. The molecule has 0 bridgehead atoms. The van der Waals surface area contributed by atoms with Gasteiger partial charge in [-0.15, -0.1) is 0 Å². The highest BCUT2D eigenvalue weighted by Crippen LogP contribution is 2.28. The molecule has 28 heavy (non-hydrogen) atoms. The van der Waals surface area contributed by atoms with Gasteiger partial charge in [0, 0.05) is 23.3 Å². The molecule has 0 N–H and O–H groups in total. The first-order chi connectivity index (χ1) is 13.5. The van der Waals surface area contributed by atoms with Crippen molar-refractivity contribution in [2.45, 2.75) is 0 Å². The fraction of sp³-hybridized carbons (Fsp3) is 0.0952.